The number of hydrogen-bond donors (Lipinski definition) is 2. The fourth-order valence-corrected chi connectivity index (χ4v) is 2.32. The molecule has 0 fully saturated rings. The van der Waals surface area contributed by atoms with Crippen molar-refractivity contribution in [3.8, 4) is 0 Å². The summed E-state index contributed by atoms with van der Waals surface area (Å²) in [4.78, 5) is 11.8. The van der Waals surface area contributed by atoms with Gasteiger partial charge in [-0.1, -0.05) is 44.1 Å². The molecule has 0 aliphatic heterocycles. The lowest BCUT2D eigenvalue weighted by molar-refractivity contribution is 0.0959. The third-order valence-corrected chi connectivity index (χ3v) is 2.61. The van der Waals surface area contributed by atoms with Gasteiger partial charge in [0.2, 0.25) is 0 Å². The van der Waals surface area contributed by atoms with Gasteiger partial charge in [-0.05, 0) is 18.2 Å². The van der Waals surface area contributed by atoms with Gasteiger partial charge in [-0.25, -0.2) is 0 Å². The highest BCUT2D eigenvalue weighted by molar-refractivity contribution is 9.11. The maximum Gasteiger partial charge on any atom is 0.251 e. The molecule has 3 nitrogen and oxygen atoms in total. The minimum absolute atomic E-state index is 0.204. The zero-order valence-electron chi connectivity index (χ0n) is 7.59. The number of amides is 1. The van der Waals surface area contributed by atoms with E-state index in [4.69, 9.17) is 5.73 Å². The fraction of sp³-hybridized carbons (Fsp3) is 0.111. The number of hydrogen-bond acceptors (Lipinski definition) is 2. The van der Waals surface area contributed by atoms with E-state index in [0.717, 1.165) is 8.95 Å². The van der Waals surface area contributed by atoms with E-state index in [1.54, 1.807) is 12.1 Å². The van der Waals surface area contributed by atoms with Gasteiger partial charge in [0.05, 0.1) is 11.5 Å². The molecule has 0 unspecified atom stereocenters. The Hall–Kier alpha value is -0.460. The molecule has 0 saturated heterocycles. The number of benzene rings is 1. The summed E-state index contributed by atoms with van der Waals surface area (Å²) in [5, 5.41) is 2.61. The summed E-state index contributed by atoms with van der Waals surface area (Å²) in [6, 6.07) is 5.30. The SMILES string of the molecule is NC(=S)CNC(=O)c1cc(Br)cc(Br)c1. The molecule has 0 aromatic heterocycles. The zero-order chi connectivity index (χ0) is 11.4. The first-order valence-corrected chi connectivity index (χ1v) is 6.01. The summed E-state index contributed by atoms with van der Waals surface area (Å²) in [5.74, 6) is -0.204. The molecule has 1 aromatic rings. The maximum absolute atomic E-state index is 11.6. The van der Waals surface area contributed by atoms with Crippen molar-refractivity contribution >= 4 is 55.0 Å². The van der Waals surface area contributed by atoms with Crippen LogP contribution in [0.4, 0.5) is 0 Å². The van der Waals surface area contributed by atoms with E-state index >= 15 is 0 Å². The molecule has 1 aromatic carbocycles. The van der Waals surface area contributed by atoms with Crippen molar-refractivity contribution in [2.24, 2.45) is 5.73 Å². The van der Waals surface area contributed by atoms with Gasteiger partial charge in [0, 0.05) is 14.5 Å². The van der Waals surface area contributed by atoms with Gasteiger partial charge in [-0.3, -0.25) is 4.79 Å². The molecule has 0 saturated carbocycles. The highest BCUT2D eigenvalue weighted by Gasteiger charge is 2.06. The van der Waals surface area contributed by atoms with Gasteiger partial charge in [0.15, 0.2) is 0 Å². The van der Waals surface area contributed by atoms with Crippen LogP contribution >= 0.6 is 44.1 Å². The van der Waals surface area contributed by atoms with E-state index in [0.29, 0.717) is 5.56 Å². The van der Waals surface area contributed by atoms with Crippen molar-refractivity contribution in [2.75, 3.05) is 6.54 Å². The second-order valence-electron chi connectivity index (χ2n) is 2.81. The number of halogens is 2. The minimum atomic E-state index is -0.204. The van der Waals surface area contributed by atoms with E-state index in [2.05, 4.69) is 49.4 Å². The topological polar surface area (TPSA) is 55.1 Å². The molecule has 0 aliphatic carbocycles. The highest BCUT2D eigenvalue weighted by Crippen LogP contribution is 2.19. The Morgan fingerprint density at radius 3 is 2.33 bits per heavy atom. The lowest BCUT2D eigenvalue weighted by Crippen LogP contribution is -2.32. The van der Waals surface area contributed by atoms with E-state index < -0.39 is 0 Å². The zero-order valence-corrected chi connectivity index (χ0v) is 11.6. The van der Waals surface area contributed by atoms with Gasteiger partial charge in [0.25, 0.3) is 5.91 Å². The van der Waals surface area contributed by atoms with Gasteiger partial charge in [-0.15, -0.1) is 0 Å². The van der Waals surface area contributed by atoms with Crippen LogP contribution in [0.1, 0.15) is 10.4 Å². The molecule has 1 amide bonds. The van der Waals surface area contributed by atoms with Crippen molar-refractivity contribution in [3.63, 3.8) is 0 Å². The normalized spacial score (nSPS) is 9.73. The van der Waals surface area contributed by atoms with Crippen LogP contribution in [0.2, 0.25) is 0 Å². The average Bonchev–Trinajstić information content (AvgIpc) is 2.12. The number of nitrogens with two attached hydrogens (primary N) is 1. The van der Waals surface area contributed by atoms with Crippen molar-refractivity contribution in [3.05, 3.63) is 32.7 Å². The predicted octanol–water partition coefficient (Wildman–Crippen LogP) is 2.23. The molecule has 0 heterocycles. The number of rotatable bonds is 3. The average molecular weight is 352 g/mol. The Kier molecular flexibility index (Phi) is 4.69. The number of thiocarbonyl (C=S) groups is 1. The molecule has 3 N–H and O–H groups in total. The van der Waals surface area contributed by atoms with Gasteiger partial charge < -0.3 is 11.1 Å². The van der Waals surface area contributed by atoms with E-state index in [9.17, 15) is 4.79 Å². The van der Waals surface area contributed by atoms with Crippen LogP contribution in [0, 0.1) is 0 Å². The molecular formula is C9H8Br2N2OS. The molecule has 80 valence electrons. The Morgan fingerprint density at radius 2 is 1.87 bits per heavy atom. The number of carbonyl (C=O) groups excluding carboxylic acids is 1. The van der Waals surface area contributed by atoms with E-state index in [-0.39, 0.29) is 17.4 Å². The first kappa shape index (κ1) is 12.6. The molecule has 15 heavy (non-hydrogen) atoms. The van der Waals surface area contributed by atoms with Crippen molar-refractivity contribution in [1.82, 2.24) is 5.32 Å². The summed E-state index contributed by atoms with van der Waals surface area (Å²) < 4.78 is 1.66. The van der Waals surface area contributed by atoms with Crippen LogP contribution in [-0.2, 0) is 0 Å². The molecule has 1 rings (SSSR count). The lowest BCUT2D eigenvalue weighted by atomic mass is 10.2. The number of nitrogens with one attached hydrogen (secondary N) is 1. The Bertz CT molecular complexity index is 389. The van der Waals surface area contributed by atoms with E-state index in [1.165, 1.54) is 0 Å². The van der Waals surface area contributed by atoms with Crippen LogP contribution in [0.15, 0.2) is 27.1 Å². The first-order valence-electron chi connectivity index (χ1n) is 4.01. The molecule has 6 heteroatoms. The highest BCUT2D eigenvalue weighted by atomic mass is 79.9. The molecule has 0 bridgehead atoms. The second-order valence-corrected chi connectivity index (χ2v) is 5.16. The van der Waals surface area contributed by atoms with Crippen molar-refractivity contribution in [2.45, 2.75) is 0 Å². The fourth-order valence-electron chi connectivity index (χ4n) is 0.954. The molecular weight excluding hydrogens is 344 g/mol. The summed E-state index contributed by atoms with van der Waals surface area (Å²) in [5.41, 5.74) is 5.83. The standard InChI is InChI=1S/C9H8Br2N2OS/c10-6-1-5(2-7(11)3-6)9(14)13-4-8(12)15/h1-3H,4H2,(H2,12,15)(H,13,14). The molecule has 0 radical (unpaired) electrons. The molecule has 0 spiro atoms. The quantitative estimate of drug-likeness (QED) is 0.821. The number of carbonyl (C=O) groups is 1. The van der Waals surface area contributed by atoms with Crippen LogP contribution in [0.25, 0.3) is 0 Å². The van der Waals surface area contributed by atoms with Crippen LogP contribution in [0.5, 0.6) is 0 Å². The summed E-state index contributed by atoms with van der Waals surface area (Å²) in [6.07, 6.45) is 0. The van der Waals surface area contributed by atoms with E-state index in [1.807, 2.05) is 6.07 Å². The Balaban J connectivity index is 2.77. The lowest BCUT2D eigenvalue weighted by Gasteiger charge is -2.04. The third-order valence-electron chi connectivity index (χ3n) is 1.55. The summed E-state index contributed by atoms with van der Waals surface area (Å²) >= 11 is 11.3. The van der Waals surface area contributed by atoms with Gasteiger partial charge >= 0.3 is 0 Å². The molecule has 0 atom stereocenters. The molecule has 0 aliphatic rings. The van der Waals surface area contributed by atoms with Crippen molar-refractivity contribution < 1.29 is 4.79 Å². The summed E-state index contributed by atoms with van der Waals surface area (Å²) in [6.45, 7) is 0.207. The van der Waals surface area contributed by atoms with Crippen LogP contribution in [0.3, 0.4) is 0 Å². The Labute approximate surface area is 110 Å². The van der Waals surface area contributed by atoms with Gasteiger partial charge in [0.1, 0.15) is 0 Å². The maximum atomic E-state index is 11.6. The minimum Gasteiger partial charge on any atom is -0.392 e. The van der Waals surface area contributed by atoms with Crippen LogP contribution in [-0.4, -0.2) is 17.4 Å². The largest absolute Gasteiger partial charge is 0.392 e. The third kappa shape index (κ3) is 4.27. The first-order chi connectivity index (χ1) is 6.99. The predicted molar refractivity (Wildman–Crippen MR) is 71.0 cm³/mol. The second kappa shape index (κ2) is 5.58. The smallest absolute Gasteiger partial charge is 0.251 e. The Morgan fingerprint density at radius 1 is 1.33 bits per heavy atom. The monoisotopic (exact) mass is 350 g/mol. The van der Waals surface area contributed by atoms with Crippen molar-refractivity contribution in [1.29, 1.82) is 0 Å². The van der Waals surface area contributed by atoms with Gasteiger partial charge in [-0.2, -0.15) is 0 Å². The van der Waals surface area contributed by atoms with Crippen LogP contribution < -0.4 is 11.1 Å². The summed E-state index contributed by atoms with van der Waals surface area (Å²) in [7, 11) is 0.